The normalized spacial score (nSPS) is 11.4. The Morgan fingerprint density at radius 1 is 0.551 bits per heavy atom. The molecular formula is C37H32N4O6S2. The Morgan fingerprint density at radius 3 is 1.82 bits per heavy atom. The average Bonchev–Trinajstić information content (AvgIpc) is 3.12. The molecule has 6 aromatic rings. The van der Waals surface area contributed by atoms with Crippen molar-refractivity contribution in [1.29, 1.82) is 0 Å². The third kappa shape index (κ3) is 7.88. The number of nitrogens with one attached hydrogen (secondary N) is 2. The van der Waals surface area contributed by atoms with Crippen molar-refractivity contribution < 1.29 is 26.3 Å². The maximum atomic E-state index is 13.9. The van der Waals surface area contributed by atoms with Crippen LogP contribution in [0.1, 0.15) is 16.7 Å². The van der Waals surface area contributed by atoms with Gasteiger partial charge in [-0.05, 0) is 65.6 Å². The lowest BCUT2D eigenvalue weighted by Crippen LogP contribution is -2.17. The van der Waals surface area contributed by atoms with Crippen LogP contribution in [0.4, 0.5) is 11.6 Å². The molecule has 0 fully saturated rings. The van der Waals surface area contributed by atoms with E-state index in [1.807, 2.05) is 60.7 Å². The van der Waals surface area contributed by atoms with E-state index in [2.05, 4.69) is 19.4 Å². The fraction of sp³-hybridized carbons (Fsp3) is 0.0811. The SMILES string of the molecule is Cc1c(-c2ccnc(NS(=O)(=O)c3ccccc3)c2OCc2ccccc2)cccc1S(=O)(=O)Nc1ncccc1OCc1ccccc1. The van der Waals surface area contributed by atoms with E-state index in [1.54, 1.807) is 55.5 Å². The predicted octanol–water partition coefficient (Wildman–Crippen LogP) is 7.21. The number of sulfonamides is 2. The van der Waals surface area contributed by atoms with Crippen molar-refractivity contribution in [2.75, 3.05) is 9.44 Å². The number of nitrogens with zero attached hydrogens (tertiary/aromatic N) is 2. The highest BCUT2D eigenvalue weighted by molar-refractivity contribution is 7.93. The summed E-state index contributed by atoms with van der Waals surface area (Å²) in [6.45, 7) is 1.99. The molecule has 0 aliphatic carbocycles. The van der Waals surface area contributed by atoms with Gasteiger partial charge < -0.3 is 9.47 Å². The van der Waals surface area contributed by atoms with E-state index < -0.39 is 20.0 Å². The van der Waals surface area contributed by atoms with E-state index in [0.717, 1.165) is 11.1 Å². The molecule has 0 amide bonds. The molecule has 0 atom stereocenters. The Bertz CT molecular complexity index is 2270. The Kier molecular flexibility index (Phi) is 9.88. The number of pyridine rings is 2. The lowest BCUT2D eigenvalue weighted by Gasteiger charge is -2.19. The molecule has 248 valence electrons. The Labute approximate surface area is 285 Å². The molecule has 49 heavy (non-hydrogen) atoms. The summed E-state index contributed by atoms with van der Waals surface area (Å²) in [5.41, 5.74) is 3.08. The summed E-state index contributed by atoms with van der Waals surface area (Å²) in [6, 6.07) is 36.6. The van der Waals surface area contributed by atoms with Crippen molar-refractivity contribution in [1.82, 2.24) is 9.97 Å². The molecule has 2 N–H and O–H groups in total. The highest BCUT2D eigenvalue weighted by Gasteiger charge is 2.25. The quantitative estimate of drug-likeness (QED) is 0.130. The minimum absolute atomic E-state index is 0.0121. The van der Waals surface area contributed by atoms with Gasteiger partial charge in [0, 0.05) is 18.0 Å². The van der Waals surface area contributed by atoms with Gasteiger partial charge in [-0.2, -0.15) is 0 Å². The Morgan fingerprint density at radius 2 is 1.14 bits per heavy atom. The standard InChI is InChI=1S/C37H32N4O6S2/c1-27-31(19-11-21-34(27)49(44,45)40-36-33(20-12-23-38-36)46-25-28-13-5-2-6-14-28)32-22-24-39-37(35(32)47-26-29-15-7-3-8-16-29)41-48(42,43)30-17-9-4-10-18-30/h2-24H,25-26H2,1H3,(H,38,40)(H,39,41). The fourth-order valence-electron chi connectivity index (χ4n) is 5.09. The summed E-state index contributed by atoms with van der Waals surface area (Å²) in [6.07, 6.45) is 2.92. The molecule has 0 saturated carbocycles. The van der Waals surface area contributed by atoms with Gasteiger partial charge in [0.1, 0.15) is 13.2 Å². The molecule has 0 saturated heterocycles. The van der Waals surface area contributed by atoms with Crippen molar-refractivity contribution >= 4 is 31.7 Å². The van der Waals surface area contributed by atoms with E-state index in [-0.39, 0.29) is 46.1 Å². The maximum Gasteiger partial charge on any atom is 0.263 e. The first-order valence-corrected chi connectivity index (χ1v) is 18.2. The molecule has 2 aromatic heterocycles. The van der Waals surface area contributed by atoms with Crippen molar-refractivity contribution in [2.24, 2.45) is 0 Å². The Balaban J connectivity index is 1.36. The van der Waals surface area contributed by atoms with Crippen LogP contribution in [0.25, 0.3) is 11.1 Å². The largest absolute Gasteiger partial charge is 0.485 e. The van der Waals surface area contributed by atoms with Crippen molar-refractivity contribution in [3.05, 3.63) is 156 Å². The second kappa shape index (κ2) is 14.6. The van der Waals surface area contributed by atoms with Crippen LogP contribution < -0.4 is 18.9 Å². The van der Waals surface area contributed by atoms with Crippen LogP contribution in [-0.4, -0.2) is 26.8 Å². The predicted molar refractivity (Wildman–Crippen MR) is 188 cm³/mol. The van der Waals surface area contributed by atoms with E-state index in [4.69, 9.17) is 9.47 Å². The van der Waals surface area contributed by atoms with Crippen LogP contribution in [0, 0.1) is 6.92 Å². The summed E-state index contributed by atoms with van der Waals surface area (Å²) in [4.78, 5) is 8.60. The molecule has 12 heteroatoms. The molecule has 10 nitrogen and oxygen atoms in total. The minimum Gasteiger partial charge on any atom is -0.485 e. The zero-order valence-electron chi connectivity index (χ0n) is 26.4. The molecule has 0 bridgehead atoms. The van der Waals surface area contributed by atoms with Crippen LogP contribution in [0.5, 0.6) is 11.5 Å². The number of aromatic nitrogens is 2. The molecule has 0 aliphatic rings. The lowest BCUT2D eigenvalue weighted by molar-refractivity contribution is 0.307. The number of anilines is 2. The smallest absolute Gasteiger partial charge is 0.263 e. The van der Waals surface area contributed by atoms with E-state index in [0.29, 0.717) is 16.7 Å². The van der Waals surface area contributed by atoms with Crippen LogP contribution in [0.15, 0.2) is 150 Å². The lowest BCUT2D eigenvalue weighted by atomic mass is 10.0. The molecule has 0 aliphatic heterocycles. The van der Waals surface area contributed by atoms with Gasteiger partial charge >= 0.3 is 0 Å². The van der Waals surface area contributed by atoms with Gasteiger partial charge in [-0.15, -0.1) is 0 Å². The Hall–Kier alpha value is -5.72. The number of hydrogen-bond acceptors (Lipinski definition) is 8. The van der Waals surface area contributed by atoms with Crippen molar-refractivity contribution in [3.63, 3.8) is 0 Å². The highest BCUT2D eigenvalue weighted by Crippen LogP contribution is 2.40. The minimum atomic E-state index is -4.18. The monoisotopic (exact) mass is 692 g/mol. The van der Waals surface area contributed by atoms with Gasteiger partial charge in [0.05, 0.1) is 9.79 Å². The van der Waals surface area contributed by atoms with Crippen LogP contribution in [0.3, 0.4) is 0 Å². The molecule has 0 unspecified atom stereocenters. The van der Waals surface area contributed by atoms with Gasteiger partial charge in [-0.25, -0.2) is 26.8 Å². The summed E-state index contributed by atoms with van der Waals surface area (Å²) >= 11 is 0. The topological polar surface area (TPSA) is 137 Å². The number of rotatable bonds is 13. The van der Waals surface area contributed by atoms with Crippen molar-refractivity contribution in [3.8, 4) is 22.6 Å². The van der Waals surface area contributed by atoms with Gasteiger partial charge in [-0.1, -0.05) is 91.0 Å². The fourth-order valence-corrected chi connectivity index (χ4v) is 7.42. The average molecular weight is 693 g/mol. The van der Waals surface area contributed by atoms with Crippen LogP contribution in [0.2, 0.25) is 0 Å². The third-order valence-electron chi connectivity index (χ3n) is 7.52. The molecule has 0 spiro atoms. The summed E-state index contributed by atoms with van der Waals surface area (Å²) in [5, 5.41) is 0. The molecule has 0 radical (unpaired) electrons. The second-order valence-electron chi connectivity index (χ2n) is 10.9. The molecule has 4 aromatic carbocycles. The van der Waals surface area contributed by atoms with Crippen molar-refractivity contribution in [2.45, 2.75) is 29.9 Å². The van der Waals surface area contributed by atoms with Gasteiger partial charge in [-0.3, -0.25) is 9.44 Å². The zero-order valence-corrected chi connectivity index (χ0v) is 28.0. The third-order valence-corrected chi connectivity index (χ3v) is 10.4. The first-order chi connectivity index (χ1) is 23.7. The van der Waals surface area contributed by atoms with E-state index >= 15 is 0 Å². The number of hydrogen-bond donors (Lipinski definition) is 2. The van der Waals surface area contributed by atoms with Crippen LogP contribution in [-0.2, 0) is 33.3 Å². The first-order valence-electron chi connectivity index (χ1n) is 15.2. The molecular weight excluding hydrogens is 661 g/mol. The van der Waals surface area contributed by atoms with Crippen LogP contribution >= 0.6 is 0 Å². The van der Waals surface area contributed by atoms with E-state index in [9.17, 15) is 16.8 Å². The first kappa shape index (κ1) is 33.2. The van der Waals surface area contributed by atoms with E-state index in [1.165, 1.54) is 30.6 Å². The molecule has 6 rings (SSSR count). The van der Waals surface area contributed by atoms with Gasteiger partial charge in [0.25, 0.3) is 20.0 Å². The number of ether oxygens (including phenoxy) is 2. The maximum absolute atomic E-state index is 13.9. The number of benzene rings is 4. The van der Waals surface area contributed by atoms with Gasteiger partial charge in [0.15, 0.2) is 23.1 Å². The van der Waals surface area contributed by atoms with Gasteiger partial charge in [0.2, 0.25) is 0 Å². The highest BCUT2D eigenvalue weighted by atomic mass is 32.2. The summed E-state index contributed by atoms with van der Waals surface area (Å²) < 4.78 is 71.8. The second-order valence-corrected chi connectivity index (χ2v) is 14.2. The molecule has 2 heterocycles. The summed E-state index contributed by atoms with van der Waals surface area (Å²) in [5.74, 6) is 0.399. The summed E-state index contributed by atoms with van der Waals surface area (Å²) in [7, 11) is -8.22. The zero-order chi connectivity index (χ0) is 34.3.